The fraction of sp³-hybridized carbons (Fsp3) is 0.350. The fourth-order valence-electron chi connectivity index (χ4n) is 4.22. The van der Waals surface area contributed by atoms with E-state index in [0.29, 0.717) is 19.8 Å². The third kappa shape index (κ3) is 2.77. The van der Waals surface area contributed by atoms with Gasteiger partial charge < -0.3 is 9.64 Å². The molecule has 2 fully saturated rings. The Morgan fingerprint density at radius 2 is 1.84 bits per heavy atom. The van der Waals surface area contributed by atoms with Gasteiger partial charge in [-0.05, 0) is 24.1 Å². The molecule has 25 heavy (non-hydrogen) atoms. The zero-order valence-electron chi connectivity index (χ0n) is 13.7. The number of hydrogen-bond acceptors (Lipinski definition) is 3. The van der Waals surface area contributed by atoms with Crippen LogP contribution in [0.25, 0.3) is 0 Å². The molecule has 2 aliphatic rings. The van der Waals surface area contributed by atoms with Crippen LogP contribution in [0.4, 0.5) is 14.5 Å². The Morgan fingerprint density at radius 3 is 2.52 bits per heavy atom. The molecule has 2 aromatic carbocycles. The van der Waals surface area contributed by atoms with Crippen molar-refractivity contribution in [2.45, 2.75) is 18.4 Å². The second kappa shape index (κ2) is 6.45. The summed E-state index contributed by atoms with van der Waals surface area (Å²) in [4.78, 5) is 1.84. The predicted molar refractivity (Wildman–Crippen MR) is 90.3 cm³/mol. The first kappa shape index (κ1) is 16.0. The average Bonchev–Trinajstić information content (AvgIpc) is 3.01. The van der Waals surface area contributed by atoms with Crippen LogP contribution in [0, 0.1) is 28.9 Å². The van der Waals surface area contributed by atoms with Gasteiger partial charge in [-0.25, -0.2) is 8.78 Å². The fourth-order valence-corrected chi connectivity index (χ4v) is 4.22. The van der Waals surface area contributed by atoms with E-state index in [1.807, 2.05) is 23.1 Å². The number of ether oxygens (including phenoxy) is 1. The maximum atomic E-state index is 14.6. The molecular formula is C20H18F2N2O. The summed E-state index contributed by atoms with van der Waals surface area (Å²) in [5, 5.41) is 8.91. The summed E-state index contributed by atoms with van der Waals surface area (Å²) in [5.74, 6) is -0.974. The summed E-state index contributed by atoms with van der Waals surface area (Å²) in [6, 6.07) is 14.1. The standard InChI is InChI=1S/C20H18F2N2O/c21-17-8-13(10-23)9-18(22)20(17)24-11-15(14-4-2-1-3-5-14)16-12-25-7-6-19(16)24/h1-5,8-9,15-16,19H,6-7,11-12H2/t15-,16+,19-/m1/s1. The van der Waals surface area contributed by atoms with Gasteiger partial charge in [-0.3, -0.25) is 0 Å². The topological polar surface area (TPSA) is 36.3 Å². The van der Waals surface area contributed by atoms with Crippen molar-refractivity contribution < 1.29 is 13.5 Å². The number of fused-ring (bicyclic) bond motifs is 1. The maximum absolute atomic E-state index is 14.6. The third-order valence-electron chi connectivity index (χ3n) is 5.33. The molecule has 4 rings (SSSR count). The molecule has 0 aromatic heterocycles. The summed E-state index contributed by atoms with van der Waals surface area (Å²) in [7, 11) is 0. The normalized spacial score (nSPS) is 25.5. The van der Waals surface area contributed by atoms with Crippen LogP contribution in [-0.2, 0) is 4.74 Å². The Hall–Kier alpha value is -2.45. The first-order chi connectivity index (χ1) is 12.2. The molecule has 0 unspecified atom stereocenters. The summed E-state index contributed by atoms with van der Waals surface area (Å²) in [5.41, 5.74) is 1.15. The summed E-state index contributed by atoms with van der Waals surface area (Å²) >= 11 is 0. The molecule has 2 heterocycles. The highest BCUT2D eigenvalue weighted by molar-refractivity contribution is 5.55. The van der Waals surface area contributed by atoms with Gasteiger partial charge in [0.2, 0.25) is 0 Å². The van der Waals surface area contributed by atoms with E-state index in [9.17, 15) is 8.78 Å². The van der Waals surface area contributed by atoms with Gasteiger partial charge in [-0.15, -0.1) is 0 Å². The minimum absolute atomic E-state index is 0.00100. The highest BCUT2D eigenvalue weighted by Gasteiger charge is 2.45. The minimum atomic E-state index is -0.671. The number of hydrogen-bond donors (Lipinski definition) is 0. The van der Waals surface area contributed by atoms with Crippen LogP contribution in [0.1, 0.15) is 23.5 Å². The van der Waals surface area contributed by atoms with Gasteiger partial charge in [-0.2, -0.15) is 5.26 Å². The Balaban J connectivity index is 1.74. The number of nitrogens with zero attached hydrogens (tertiary/aromatic N) is 2. The van der Waals surface area contributed by atoms with Gasteiger partial charge in [0.15, 0.2) is 11.6 Å². The van der Waals surface area contributed by atoms with E-state index in [4.69, 9.17) is 10.00 Å². The molecule has 0 saturated carbocycles. The van der Waals surface area contributed by atoms with E-state index >= 15 is 0 Å². The number of nitriles is 1. The van der Waals surface area contributed by atoms with Crippen molar-refractivity contribution in [2.24, 2.45) is 5.92 Å². The highest BCUT2D eigenvalue weighted by atomic mass is 19.1. The predicted octanol–water partition coefficient (Wildman–Crippen LogP) is 3.85. The number of anilines is 1. The molecule has 0 bridgehead atoms. The van der Waals surface area contributed by atoms with E-state index in [1.165, 1.54) is 5.56 Å². The van der Waals surface area contributed by atoms with Crippen molar-refractivity contribution in [3.8, 4) is 6.07 Å². The van der Waals surface area contributed by atoms with Gasteiger partial charge in [0.25, 0.3) is 0 Å². The largest absolute Gasteiger partial charge is 0.381 e. The Labute approximate surface area is 145 Å². The molecule has 0 radical (unpaired) electrons. The van der Waals surface area contributed by atoms with Gasteiger partial charge >= 0.3 is 0 Å². The molecule has 2 saturated heterocycles. The van der Waals surface area contributed by atoms with E-state index in [0.717, 1.165) is 18.6 Å². The number of benzene rings is 2. The van der Waals surface area contributed by atoms with Crippen LogP contribution in [0.2, 0.25) is 0 Å². The zero-order valence-corrected chi connectivity index (χ0v) is 13.7. The Kier molecular flexibility index (Phi) is 4.14. The quantitative estimate of drug-likeness (QED) is 0.833. The van der Waals surface area contributed by atoms with Crippen molar-refractivity contribution in [3.05, 3.63) is 65.2 Å². The van der Waals surface area contributed by atoms with Crippen LogP contribution >= 0.6 is 0 Å². The van der Waals surface area contributed by atoms with Gasteiger partial charge in [0.1, 0.15) is 5.69 Å². The van der Waals surface area contributed by atoms with Crippen molar-refractivity contribution in [1.82, 2.24) is 0 Å². The average molecular weight is 340 g/mol. The second-order valence-corrected chi connectivity index (χ2v) is 6.66. The first-order valence-corrected chi connectivity index (χ1v) is 8.47. The molecule has 0 amide bonds. The first-order valence-electron chi connectivity index (χ1n) is 8.47. The van der Waals surface area contributed by atoms with E-state index in [2.05, 4.69) is 12.1 Å². The van der Waals surface area contributed by atoms with Crippen molar-refractivity contribution in [3.63, 3.8) is 0 Å². The second-order valence-electron chi connectivity index (χ2n) is 6.66. The summed E-state index contributed by atoms with van der Waals surface area (Å²) in [6.07, 6.45) is 0.743. The zero-order chi connectivity index (χ0) is 17.4. The summed E-state index contributed by atoms with van der Waals surface area (Å²) in [6.45, 7) is 1.74. The molecule has 0 aliphatic carbocycles. The van der Waals surface area contributed by atoms with E-state index in [-0.39, 0.29) is 29.1 Å². The number of rotatable bonds is 2. The van der Waals surface area contributed by atoms with Gasteiger partial charge in [-0.1, -0.05) is 30.3 Å². The molecule has 3 atom stereocenters. The van der Waals surface area contributed by atoms with Crippen molar-refractivity contribution in [1.29, 1.82) is 5.26 Å². The molecule has 0 spiro atoms. The van der Waals surface area contributed by atoms with Gasteiger partial charge in [0.05, 0.1) is 18.2 Å². The molecule has 2 aliphatic heterocycles. The molecule has 5 heteroatoms. The SMILES string of the molecule is N#Cc1cc(F)c(N2C[C@H](c3ccccc3)[C@@H]3COCC[C@H]32)c(F)c1. The monoisotopic (exact) mass is 340 g/mol. The molecule has 0 N–H and O–H groups in total. The molecule has 2 aromatic rings. The van der Waals surface area contributed by atoms with Crippen LogP contribution in [-0.4, -0.2) is 25.8 Å². The number of halogens is 2. The van der Waals surface area contributed by atoms with Crippen LogP contribution < -0.4 is 4.90 Å². The minimum Gasteiger partial charge on any atom is -0.381 e. The lowest BCUT2D eigenvalue weighted by molar-refractivity contribution is 0.0461. The molecular weight excluding hydrogens is 322 g/mol. The smallest absolute Gasteiger partial charge is 0.150 e. The lowest BCUT2D eigenvalue weighted by atomic mass is 9.84. The lowest BCUT2D eigenvalue weighted by Gasteiger charge is -2.33. The third-order valence-corrected chi connectivity index (χ3v) is 5.33. The molecule has 128 valence electrons. The van der Waals surface area contributed by atoms with Crippen LogP contribution in [0.15, 0.2) is 42.5 Å². The Morgan fingerprint density at radius 1 is 1.12 bits per heavy atom. The Bertz CT molecular complexity index is 795. The van der Waals surface area contributed by atoms with Crippen molar-refractivity contribution in [2.75, 3.05) is 24.7 Å². The lowest BCUT2D eigenvalue weighted by Crippen LogP contribution is -2.39. The van der Waals surface area contributed by atoms with E-state index < -0.39 is 11.6 Å². The van der Waals surface area contributed by atoms with Crippen LogP contribution in [0.5, 0.6) is 0 Å². The highest BCUT2D eigenvalue weighted by Crippen LogP contribution is 2.44. The molecule has 3 nitrogen and oxygen atoms in total. The van der Waals surface area contributed by atoms with Crippen LogP contribution in [0.3, 0.4) is 0 Å². The van der Waals surface area contributed by atoms with Crippen molar-refractivity contribution >= 4 is 5.69 Å². The summed E-state index contributed by atoms with van der Waals surface area (Å²) < 4.78 is 34.8. The van der Waals surface area contributed by atoms with E-state index in [1.54, 1.807) is 6.07 Å². The maximum Gasteiger partial charge on any atom is 0.150 e. The van der Waals surface area contributed by atoms with Gasteiger partial charge in [0, 0.05) is 31.0 Å².